The van der Waals surface area contributed by atoms with Crippen LogP contribution in [0.2, 0.25) is 0 Å². The average Bonchev–Trinajstić information content (AvgIpc) is 2.77. The van der Waals surface area contributed by atoms with Crippen LogP contribution < -0.4 is 0 Å². The molecular weight excluding hydrogens is 216 g/mol. The van der Waals surface area contributed by atoms with Gasteiger partial charge >= 0.3 is 0 Å². The van der Waals surface area contributed by atoms with Crippen molar-refractivity contribution < 1.29 is 0 Å². The first-order valence-electron chi connectivity index (χ1n) is 5.12. The standard InChI is InChI=1S/C13H10N2S/c1-9-14-12(10-5-3-2-4-6-10)11-7-8-16-13(11)15-9/h2-8H,1H3. The van der Waals surface area contributed by atoms with Gasteiger partial charge in [-0.25, -0.2) is 9.97 Å². The summed E-state index contributed by atoms with van der Waals surface area (Å²) >= 11 is 1.66. The van der Waals surface area contributed by atoms with Crippen molar-refractivity contribution >= 4 is 21.6 Å². The monoisotopic (exact) mass is 226 g/mol. The molecule has 3 heteroatoms. The van der Waals surface area contributed by atoms with Crippen LogP contribution in [0, 0.1) is 6.92 Å². The van der Waals surface area contributed by atoms with Crippen molar-refractivity contribution in [3.8, 4) is 11.3 Å². The molecule has 0 saturated carbocycles. The van der Waals surface area contributed by atoms with E-state index in [1.807, 2.05) is 25.1 Å². The van der Waals surface area contributed by atoms with Crippen LogP contribution in [0.25, 0.3) is 21.5 Å². The van der Waals surface area contributed by atoms with Crippen LogP contribution >= 0.6 is 11.3 Å². The maximum absolute atomic E-state index is 4.54. The number of hydrogen-bond donors (Lipinski definition) is 0. The zero-order valence-electron chi connectivity index (χ0n) is 8.84. The van der Waals surface area contributed by atoms with Crippen LogP contribution in [0.3, 0.4) is 0 Å². The summed E-state index contributed by atoms with van der Waals surface area (Å²) in [5, 5.41) is 3.20. The smallest absolute Gasteiger partial charge is 0.127 e. The highest BCUT2D eigenvalue weighted by Gasteiger charge is 2.08. The van der Waals surface area contributed by atoms with E-state index >= 15 is 0 Å². The van der Waals surface area contributed by atoms with Crippen LogP contribution in [-0.2, 0) is 0 Å². The lowest BCUT2D eigenvalue weighted by Crippen LogP contribution is -1.91. The van der Waals surface area contributed by atoms with Gasteiger partial charge in [-0.3, -0.25) is 0 Å². The summed E-state index contributed by atoms with van der Waals surface area (Å²) < 4.78 is 0. The Labute approximate surface area is 97.6 Å². The fourth-order valence-corrected chi connectivity index (χ4v) is 2.59. The van der Waals surface area contributed by atoms with Gasteiger partial charge in [-0.2, -0.15) is 0 Å². The Kier molecular flexibility index (Phi) is 2.18. The predicted molar refractivity (Wildman–Crippen MR) is 67.6 cm³/mol. The predicted octanol–water partition coefficient (Wildman–Crippen LogP) is 3.67. The minimum Gasteiger partial charge on any atom is -0.232 e. The third kappa shape index (κ3) is 1.49. The van der Waals surface area contributed by atoms with Crippen LogP contribution in [0.15, 0.2) is 41.8 Å². The molecule has 0 spiro atoms. The van der Waals surface area contributed by atoms with Crippen molar-refractivity contribution in [2.24, 2.45) is 0 Å². The number of hydrogen-bond acceptors (Lipinski definition) is 3. The second-order valence-electron chi connectivity index (χ2n) is 3.62. The summed E-state index contributed by atoms with van der Waals surface area (Å²) in [4.78, 5) is 10.0. The lowest BCUT2D eigenvalue weighted by Gasteiger charge is -2.03. The molecule has 0 bridgehead atoms. The van der Waals surface area contributed by atoms with E-state index in [0.29, 0.717) is 0 Å². The van der Waals surface area contributed by atoms with Gasteiger partial charge in [0.25, 0.3) is 0 Å². The molecule has 0 amide bonds. The van der Waals surface area contributed by atoms with Gasteiger partial charge in [-0.05, 0) is 18.4 Å². The molecule has 0 unspecified atom stereocenters. The third-order valence-corrected chi connectivity index (χ3v) is 3.29. The van der Waals surface area contributed by atoms with Crippen molar-refractivity contribution in [3.05, 3.63) is 47.6 Å². The number of aryl methyl sites for hydroxylation is 1. The van der Waals surface area contributed by atoms with E-state index in [-0.39, 0.29) is 0 Å². The Balaban J connectivity index is 2.34. The van der Waals surface area contributed by atoms with E-state index < -0.39 is 0 Å². The Bertz CT molecular complexity index is 629. The molecule has 2 heterocycles. The van der Waals surface area contributed by atoms with Gasteiger partial charge < -0.3 is 0 Å². The number of thiophene rings is 1. The number of rotatable bonds is 1. The molecular formula is C13H10N2S. The van der Waals surface area contributed by atoms with Crippen molar-refractivity contribution in [2.75, 3.05) is 0 Å². The fourth-order valence-electron chi connectivity index (χ4n) is 1.78. The van der Waals surface area contributed by atoms with Gasteiger partial charge in [-0.1, -0.05) is 30.3 Å². The number of nitrogens with zero attached hydrogens (tertiary/aromatic N) is 2. The largest absolute Gasteiger partial charge is 0.232 e. The molecule has 1 aromatic carbocycles. The number of fused-ring (bicyclic) bond motifs is 1. The highest BCUT2D eigenvalue weighted by Crippen LogP contribution is 2.28. The maximum Gasteiger partial charge on any atom is 0.127 e. The van der Waals surface area contributed by atoms with E-state index in [2.05, 4.69) is 33.5 Å². The first kappa shape index (κ1) is 9.48. The van der Waals surface area contributed by atoms with E-state index in [1.54, 1.807) is 11.3 Å². The van der Waals surface area contributed by atoms with Gasteiger partial charge in [0, 0.05) is 10.9 Å². The molecule has 0 fully saturated rings. The summed E-state index contributed by atoms with van der Waals surface area (Å²) in [5.41, 5.74) is 2.18. The van der Waals surface area contributed by atoms with Crippen LogP contribution in [0.1, 0.15) is 5.82 Å². The Morgan fingerprint density at radius 1 is 1.00 bits per heavy atom. The van der Waals surface area contributed by atoms with Gasteiger partial charge in [0.2, 0.25) is 0 Å². The molecule has 0 radical (unpaired) electrons. The molecule has 0 N–H and O–H groups in total. The number of aromatic nitrogens is 2. The molecule has 0 atom stereocenters. The molecule has 0 aliphatic carbocycles. The number of benzene rings is 1. The summed E-state index contributed by atoms with van der Waals surface area (Å²) in [7, 11) is 0. The van der Waals surface area contributed by atoms with E-state index in [4.69, 9.17) is 0 Å². The van der Waals surface area contributed by atoms with Crippen LogP contribution in [0.4, 0.5) is 0 Å². The summed E-state index contributed by atoms with van der Waals surface area (Å²) in [6, 6.07) is 12.3. The van der Waals surface area contributed by atoms with E-state index in [9.17, 15) is 0 Å². The van der Waals surface area contributed by atoms with Gasteiger partial charge in [0.15, 0.2) is 0 Å². The van der Waals surface area contributed by atoms with Crippen molar-refractivity contribution in [2.45, 2.75) is 6.92 Å². The minimum atomic E-state index is 0.828. The third-order valence-electron chi connectivity index (χ3n) is 2.48. The van der Waals surface area contributed by atoms with Crippen molar-refractivity contribution in [1.29, 1.82) is 0 Å². The molecule has 0 aliphatic rings. The summed E-state index contributed by atoms with van der Waals surface area (Å²) in [6.45, 7) is 1.94. The zero-order valence-corrected chi connectivity index (χ0v) is 9.66. The second-order valence-corrected chi connectivity index (χ2v) is 4.52. The Hall–Kier alpha value is -1.74. The van der Waals surface area contributed by atoms with Gasteiger partial charge in [-0.15, -0.1) is 11.3 Å². The van der Waals surface area contributed by atoms with Gasteiger partial charge in [0.1, 0.15) is 10.7 Å². The van der Waals surface area contributed by atoms with Gasteiger partial charge in [0.05, 0.1) is 5.69 Å². The molecule has 3 aromatic rings. The molecule has 0 saturated heterocycles. The average molecular weight is 226 g/mol. The molecule has 3 rings (SSSR count). The zero-order chi connectivity index (χ0) is 11.0. The van der Waals surface area contributed by atoms with Crippen LogP contribution in [0.5, 0.6) is 0 Å². The maximum atomic E-state index is 4.54. The quantitative estimate of drug-likeness (QED) is 0.632. The Morgan fingerprint density at radius 3 is 2.62 bits per heavy atom. The second kappa shape index (κ2) is 3.68. The highest BCUT2D eigenvalue weighted by molar-refractivity contribution is 7.16. The fraction of sp³-hybridized carbons (Fsp3) is 0.0769. The molecule has 2 aromatic heterocycles. The van der Waals surface area contributed by atoms with Crippen molar-refractivity contribution in [1.82, 2.24) is 9.97 Å². The summed E-state index contributed by atoms with van der Waals surface area (Å²) in [6.07, 6.45) is 0. The highest BCUT2D eigenvalue weighted by atomic mass is 32.1. The lowest BCUT2D eigenvalue weighted by atomic mass is 10.1. The minimum absolute atomic E-state index is 0.828. The summed E-state index contributed by atoms with van der Waals surface area (Å²) in [5.74, 6) is 0.828. The molecule has 78 valence electrons. The van der Waals surface area contributed by atoms with Crippen LogP contribution in [-0.4, -0.2) is 9.97 Å². The van der Waals surface area contributed by atoms with E-state index in [0.717, 1.165) is 27.3 Å². The van der Waals surface area contributed by atoms with E-state index in [1.165, 1.54) is 0 Å². The topological polar surface area (TPSA) is 25.8 Å². The normalized spacial score (nSPS) is 10.8. The SMILES string of the molecule is Cc1nc(-c2ccccc2)c2ccsc2n1. The molecule has 16 heavy (non-hydrogen) atoms. The lowest BCUT2D eigenvalue weighted by molar-refractivity contribution is 1.10. The first-order chi connectivity index (χ1) is 7.84. The molecule has 0 aliphatic heterocycles. The Morgan fingerprint density at radius 2 is 1.81 bits per heavy atom. The first-order valence-corrected chi connectivity index (χ1v) is 6.00. The van der Waals surface area contributed by atoms with Crippen molar-refractivity contribution in [3.63, 3.8) is 0 Å². The molecule has 2 nitrogen and oxygen atoms in total.